The number of carbonyl (C=O) groups is 1. The van der Waals surface area contributed by atoms with E-state index in [0.29, 0.717) is 5.75 Å². The molecule has 0 radical (unpaired) electrons. The normalized spacial score (nSPS) is 11.4. The number of para-hydroxylation sites is 1. The molecule has 3 aromatic carbocycles. The molecule has 1 aromatic heterocycles. The van der Waals surface area contributed by atoms with E-state index in [2.05, 4.69) is 34.4 Å². The van der Waals surface area contributed by atoms with Crippen molar-refractivity contribution in [2.45, 2.75) is 5.92 Å². The lowest BCUT2D eigenvalue weighted by atomic mass is 9.85. The summed E-state index contributed by atoms with van der Waals surface area (Å²) in [4.78, 5) is 21.3. The first-order chi connectivity index (χ1) is 14.7. The number of nitrogens with zero attached hydrogens (tertiary/aromatic N) is 2. The van der Waals surface area contributed by atoms with E-state index < -0.39 is 5.97 Å². The fourth-order valence-electron chi connectivity index (χ4n) is 3.26. The van der Waals surface area contributed by atoms with Gasteiger partial charge in [-0.15, -0.1) is 11.3 Å². The summed E-state index contributed by atoms with van der Waals surface area (Å²) in [7, 11) is 0. The zero-order valence-corrected chi connectivity index (χ0v) is 16.7. The molecule has 0 saturated carbocycles. The van der Waals surface area contributed by atoms with Crippen LogP contribution in [0.2, 0.25) is 0 Å². The molecule has 148 valence electrons. The molecule has 1 N–H and O–H groups in total. The molecule has 0 atom stereocenters. The number of oxime groups is 1. The molecule has 0 unspecified atom stereocenters. The van der Waals surface area contributed by atoms with Gasteiger partial charge in [-0.25, -0.2) is 9.78 Å². The molecular formula is C24H18N2O3S. The lowest BCUT2D eigenvalue weighted by Crippen LogP contribution is -2.16. The molecular weight excluding hydrogens is 396 g/mol. The highest BCUT2D eigenvalue weighted by Crippen LogP contribution is 2.37. The van der Waals surface area contributed by atoms with Gasteiger partial charge in [0, 0.05) is 16.9 Å². The van der Waals surface area contributed by atoms with Crippen molar-refractivity contribution < 1.29 is 14.7 Å². The second kappa shape index (κ2) is 9.15. The third-order valence-corrected chi connectivity index (χ3v) is 5.20. The van der Waals surface area contributed by atoms with Gasteiger partial charge in [0.15, 0.2) is 5.75 Å². The Morgan fingerprint density at radius 1 is 0.900 bits per heavy atom. The van der Waals surface area contributed by atoms with Crippen molar-refractivity contribution in [3.8, 4) is 5.75 Å². The average Bonchev–Trinajstić information content (AvgIpc) is 3.31. The number of aliphatic carboxylic acids is 1. The molecule has 0 bridgehead atoms. The van der Waals surface area contributed by atoms with E-state index in [1.54, 1.807) is 17.0 Å². The molecule has 0 aliphatic heterocycles. The standard InChI is InChI=1S/C24H18N2O3S/c27-24(28)23(20-15-30-16-25-20)26-29-21-14-8-7-13-19(21)22(17-9-3-1-4-10-17)18-11-5-2-6-12-18/h1-16,22H,(H,27,28). The number of hydrogen-bond acceptors (Lipinski definition) is 5. The van der Waals surface area contributed by atoms with E-state index in [9.17, 15) is 9.90 Å². The van der Waals surface area contributed by atoms with Gasteiger partial charge < -0.3 is 9.94 Å². The molecule has 0 saturated heterocycles. The quantitative estimate of drug-likeness (QED) is 0.257. The maximum Gasteiger partial charge on any atom is 0.360 e. The summed E-state index contributed by atoms with van der Waals surface area (Å²) >= 11 is 1.30. The van der Waals surface area contributed by atoms with Gasteiger partial charge in [-0.1, -0.05) is 84.0 Å². The number of thiazole rings is 1. The lowest BCUT2D eigenvalue weighted by Gasteiger charge is -2.20. The molecule has 4 rings (SSSR count). The summed E-state index contributed by atoms with van der Waals surface area (Å²) in [5.41, 5.74) is 4.68. The summed E-state index contributed by atoms with van der Waals surface area (Å²) in [5, 5.41) is 15.1. The van der Waals surface area contributed by atoms with Crippen molar-refractivity contribution in [2.24, 2.45) is 5.16 Å². The van der Waals surface area contributed by atoms with Crippen LogP contribution < -0.4 is 4.84 Å². The van der Waals surface area contributed by atoms with Gasteiger partial charge in [-0.3, -0.25) is 0 Å². The van der Waals surface area contributed by atoms with Gasteiger partial charge in [0.25, 0.3) is 0 Å². The van der Waals surface area contributed by atoms with Crippen molar-refractivity contribution in [1.29, 1.82) is 0 Å². The first-order valence-corrected chi connectivity index (χ1v) is 10.2. The van der Waals surface area contributed by atoms with Crippen molar-refractivity contribution in [2.75, 3.05) is 0 Å². The van der Waals surface area contributed by atoms with Crippen LogP contribution in [0, 0.1) is 0 Å². The smallest absolute Gasteiger partial charge is 0.360 e. The predicted molar refractivity (Wildman–Crippen MR) is 117 cm³/mol. The summed E-state index contributed by atoms with van der Waals surface area (Å²) in [6.45, 7) is 0. The first kappa shape index (κ1) is 19.5. The van der Waals surface area contributed by atoms with Crippen LogP contribution in [-0.4, -0.2) is 21.8 Å². The fourth-order valence-corrected chi connectivity index (χ4v) is 3.80. The van der Waals surface area contributed by atoms with Crippen molar-refractivity contribution >= 4 is 23.0 Å². The summed E-state index contributed by atoms with van der Waals surface area (Å²) < 4.78 is 0. The highest BCUT2D eigenvalue weighted by atomic mass is 32.1. The Morgan fingerprint density at radius 3 is 2.07 bits per heavy atom. The minimum absolute atomic E-state index is 0.0913. The third-order valence-electron chi connectivity index (χ3n) is 4.61. The van der Waals surface area contributed by atoms with Crippen LogP contribution in [0.15, 0.2) is 101 Å². The molecule has 0 aliphatic carbocycles. The van der Waals surface area contributed by atoms with Crippen molar-refractivity contribution in [3.05, 3.63) is 118 Å². The van der Waals surface area contributed by atoms with Crippen molar-refractivity contribution in [1.82, 2.24) is 4.98 Å². The molecule has 5 nitrogen and oxygen atoms in total. The monoisotopic (exact) mass is 414 g/mol. The number of rotatable bonds is 7. The molecule has 0 aliphatic rings. The minimum Gasteiger partial charge on any atom is -0.476 e. The topological polar surface area (TPSA) is 71.8 Å². The highest BCUT2D eigenvalue weighted by Gasteiger charge is 2.21. The molecule has 0 spiro atoms. The Hall–Kier alpha value is -3.77. The second-order valence-electron chi connectivity index (χ2n) is 6.50. The number of aromatic nitrogens is 1. The van der Waals surface area contributed by atoms with Crippen LogP contribution in [-0.2, 0) is 4.79 Å². The van der Waals surface area contributed by atoms with Crippen LogP contribution in [0.4, 0.5) is 0 Å². The molecule has 4 aromatic rings. The van der Waals surface area contributed by atoms with Gasteiger partial charge in [0.05, 0.1) is 5.51 Å². The molecule has 1 heterocycles. The maximum atomic E-state index is 11.6. The van der Waals surface area contributed by atoms with Gasteiger partial charge in [0.1, 0.15) is 5.69 Å². The SMILES string of the molecule is O=C(O)C(=NOc1ccccc1C(c1ccccc1)c1ccccc1)c1cscn1. The first-order valence-electron chi connectivity index (χ1n) is 9.29. The second-order valence-corrected chi connectivity index (χ2v) is 7.22. The molecule has 6 heteroatoms. The summed E-state index contributed by atoms with van der Waals surface area (Å²) in [6, 6.07) is 27.7. The number of carboxylic acid groups (broad SMARTS) is 1. The van der Waals surface area contributed by atoms with Crippen LogP contribution in [0.5, 0.6) is 5.75 Å². The highest BCUT2D eigenvalue weighted by molar-refractivity contribution is 7.07. The van der Waals surface area contributed by atoms with Crippen LogP contribution in [0.3, 0.4) is 0 Å². The largest absolute Gasteiger partial charge is 0.476 e. The Morgan fingerprint density at radius 2 is 1.50 bits per heavy atom. The van der Waals surface area contributed by atoms with E-state index in [-0.39, 0.29) is 17.3 Å². The van der Waals surface area contributed by atoms with E-state index in [0.717, 1.165) is 16.7 Å². The Labute approximate surface area is 177 Å². The van der Waals surface area contributed by atoms with E-state index >= 15 is 0 Å². The predicted octanol–water partition coefficient (Wildman–Crippen LogP) is 5.19. The zero-order chi connectivity index (χ0) is 20.8. The van der Waals surface area contributed by atoms with Gasteiger partial charge in [-0.2, -0.15) is 0 Å². The van der Waals surface area contributed by atoms with Gasteiger partial charge in [0.2, 0.25) is 5.71 Å². The summed E-state index contributed by atoms with van der Waals surface area (Å²) in [6.07, 6.45) is 0. The summed E-state index contributed by atoms with van der Waals surface area (Å²) in [5.74, 6) is -0.795. The van der Waals surface area contributed by atoms with Crippen LogP contribution in [0.25, 0.3) is 0 Å². The Bertz CT molecular complexity index is 1100. The number of hydrogen-bond donors (Lipinski definition) is 1. The number of carboxylic acids is 1. The Balaban J connectivity index is 1.77. The maximum absolute atomic E-state index is 11.6. The minimum atomic E-state index is -1.19. The van der Waals surface area contributed by atoms with Crippen molar-refractivity contribution in [3.63, 3.8) is 0 Å². The van der Waals surface area contributed by atoms with Crippen LogP contribution in [0.1, 0.15) is 28.3 Å². The zero-order valence-electron chi connectivity index (χ0n) is 15.9. The Kier molecular flexibility index (Phi) is 5.96. The van der Waals surface area contributed by atoms with Gasteiger partial charge in [-0.05, 0) is 17.2 Å². The van der Waals surface area contributed by atoms with E-state index in [4.69, 9.17) is 4.84 Å². The van der Waals surface area contributed by atoms with Gasteiger partial charge >= 0.3 is 5.97 Å². The van der Waals surface area contributed by atoms with E-state index in [1.165, 1.54) is 11.3 Å². The molecule has 30 heavy (non-hydrogen) atoms. The number of benzene rings is 3. The molecule has 0 fully saturated rings. The fraction of sp³-hybridized carbons (Fsp3) is 0.0417. The van der Waals surface area contributed by atoms with E-state index in [1.807, 2.05) is 54.6 Å². The lowest BCUT2D eigenvalue weighted by molar-refractivity contribution is -0.129. The third kappa shape index (κ3) is 4.29. The average molecular weight is 414 g/mol. The van der Waals surface area contributed by atoms with Crippen LogP contribution >= 0.6 is 11.3 Å². The molecule has 0 amide bonds.